The number of H-pyrrole nitrogens is 1. The molecule has 4 rings (SSSR count). The molecule has 2 N–H and O–H groups in total. The summed E-state index contributed by atoms with van der Waals surface area (Å²) < 4.78 is 18.3. The number of rotatable bonds is 7. The van der Waals surface area contributed by atoms with Gasteiger partial charge in [0.25, 0.3) is 5.56 Å². The van der Waals surface area contributed by atoms with Crippen LogP contribution in [0, 0.1) is 5.82 Å². The fourth-order valence-electron chi connectivity index (χ4n) is 3.61. The van der Waals surface area contributed by atoms with Gasteiger partial charge in [-0.15, -0.1) is 0 Å². The lowest BCUT2D eigenvalue weighted by Gasteiger charge is -2.27. The van der Waals surface area contributed by atoms with Crippen LogP contribution in [0.3, 0.4) is 0 Å². The molecule has 27 heavy (non-hydrogen) atoms. The number of nitrogens with one attached hydrogen (secondary N) is 2. The third kappa shape index (κ3) is 4.54. The number of aryl methyl sites for hydroxylation is 1. The van der Waals surface area contributed by atoms with Crippen LogP contribution in [0.2, 0.25) is 0 Å². The van der Waals surface area contributed by atoms with E-state index < -0.39 is 0 Å². The van der Waals surface area contributed by atoms with E-state index in [9.17, 15) is 9.18 Å². The number of aromatic amines is 1. The molecule has 1 aromatic heterocycles. The van der Waals surface area contributed by atoms with Gasteiger partial charge in [0, 0.05) is 31.2 Å². The second-order valence-corrected chi connectivity index (χ2v) is 7.20. The predicted octanol–water partition coefficient (Wildman–Crippen LogP) is 1.82. The monoisotopic (exact) mass is 372 g/mol. The summed E-state index contributed by atoms with van der Waals surface area (Å²) in [6.07, 6.45) is 4.58. The number of ether oxygens (including phenoxy) is 1. The van der Waals surface area contributed by atoms with Gasteiger partial charge in [0.2, 0.25) is 0 Å². The van der Waals surface area contributed by atoms with E-state index in [4.69, 9.17) is 4.74 Å². The van der Waals surface area contributed by atoms with Crippen LogP contribution < -0.4 is 15.8 Å². The van der Waals surface area contributed by atoms with Crippen molar-refractivity contribution in [2.75, 3.05) is 37.7 Å². The Morgan fingerprint density at radius 3 is 2.81 bits per heavy atom. The molecule has 2 aliphatic rings. The van der Waals surface area contributed by atoms with E-state index in [2.05, 4.69) is 15.3 Å². The van der Waals surface area contributed by atoms with Crippen LogP contribution in [-0.2, 0) is 11.2 Å². The Bertz CT molecular complexity index is 817. The summed E-state index contributed by atoms with van der Waals surface area (Å²) in [5, 5.41) is 3.56. The van der Waals surface area contributed by atoms with Gasteiger partial charge < -0.3 is 19.9 Å². The van der Waals surface area contributed by atoms with Crippen molar-refractivity contribution in [3.05, 3.63) is 57.9 Å². The Morgan fingerprint density at radius 2 is 2.04 bits per heavy atom. The van der Waals surface area contributed by atoms with Gasteiger partial charge >= 0.3 is 0 Å². The van der Waals surface area contributed by atoms with Crippen LogP contribution in [-0.4, -0.2) is 48.9 Å². The zero-order valence-electron chi connectivity index (χ0n) is 15.3. The van der Waals surface area contributed by atoms with Crippen LogP contribution in [0.25, 0.3) is 0 Å². The lowest BCUT2D eigenvalue weighted by Crippen LogP contribution is -2.40. The number of morpholine rings is 1. The first kappa shape index (κ1) is 18.1. The van der Waals surface area contributed by atoms with Crippen molar-refractivity contribution in [2.45, 2.75) is 31.2 Å². The maximum absolute atomic E-state index is 13.0. The molecule has 1 saturated heterocycles. The second-order valence-electron chi connectivity index (χ2n) is 7.20. The molecule has 144 valence electrons. The molecular weight excluding hydrogens is 347 g/mol. The predicted molar refractivity (Wildman–Crippen MR) is 102 cm³/mol. The Balaban J connectivity index is 1.24. The van der Waals surface area contributed by atoms with Crippen LogP contribution in [0.4, 0.5) is 10.2 Å². The largest absolute Gasteiger partial charge is 0.378 e. The highest BCUT2D eigenvalue weighted by Crippen LogP contribution is 2.40. The van der Waals surface area contributed by atoms with Gasteiger partial charge in [-0.1, -0.05) is 12.1 Å². The van der Waals surface area contributed by atoms with E-state index in [1.165, 1.54) is 17.7 Å². The molecule has 1 saturated carbocycles. The molecule has 0 unspecified atom stereocenters. The molecule has 2 aromatic rings. The average molecular weight is 372 g/mol. The van der Waals surface area contributed by atoms with E-state index in [0.717, 1.165) is 31.5 Å². The minimum atomic E-state index is -0.186. The zero-order valence-corrected chi connectivity index (χ0v) is 15.3. The quantitative estimate of drug-likeness (QED) is 0.726. The van der Waals surface area contributed by atoms with Crippen molar-refractivity contribution < 1.29 is 9.13 Å². The number of anilines is 1. The van der Waals surface area contributed by atoms with Gasteiger partial charge in [-0.3, -0.25) is 4.79 Å². The summed E-state index contributed by atoms with van der Waals surface area (Å²) in [5.41, 5.74) is 1.97. The van der Waals surface area contributed by atoms with E-state index in [-0.39, 0.29) is 11.4 Å². The molecule has 2 fully saturated rings. The molecule has 7 heteroatoms. The second kappa shape index (κ2) is 8.19. The smallest absolute Gasteiger partial charge is 0.290 e. The van der Waals surface area contributed by atoms with Crippen LogP contribution in [0.15, 0.2) is 35.3 Å². The summed E-state index contributed by atoms with van der Waals surface area (Å²) in [6.45, 7) is 3.56. The Morgan fingerprint density at radius 1 is 1.26 bits per heavy atom. The molecule has 0 radical (unpaired) electrons. The topological polar surface area (TPSA) is 70.2 Å². The standard InChI is InChI=1S/C20H25FN4O2/c21-15-5-3-14(4-6-15)17-12-18(17)22-7-1-2-16-13-23-20(26)19(24-16)25-8-10-27-11-9-25/h3-6,13,17-18,22H,1-2,7-12H2,(H,23,26)/t17-,18+/m0/s1. The Labute approximate surface area is 157 Å². The molecule has 1 aliphatic carbocycles. The SMILES string of the molecule is O=c1[nH]cc(CCCN[C@@H]2C[C@H]2c2ccc(F)cc2)nc1N1CCOCC1. The minimum Gasteiger partial charge on any atom is -0.378 e. The van der Waals surface area contributed by atoms with Crippen LogP contribution >= 0.6 is 0 Å². The Kier molecular flexibility index (Phi) is 5.50. The fourth-order valence-corrected chi connectivity index (χ4v) is 3.61. The van der Waals surface area contributed by atoms with E-state index in [0.29, 0.717) is 44.1 Å². The number of benzene rings is 1. The third-order valence-electron chi connectivity index (χ3n) is 5.24. The molecule has 2 atom stereocenters. The first-order valence-corrected chi connectivity index (χ1v) is 9.61. The van der Waals surface area contributed by atoms with Crippen molar-refractivity contribution in [1.82, 2.24) is 15.3 Å². The zero-order chi connectivity index (χ0) is 18.6. The van der Waals surface area contributed by atoms with Crippen molar-refractivity contribution in [3.8, 4) is 0 Å². The van der Waals surface area contributed by atoms with Gasteiger partial charge in [0.1, 0.15) is 5.82 Å². The first-order chi connectivity index (χ1) is 13.2. The maximum atomic E-state index is 13.0. The summed E-state index contributed by atoms with van der Waals surface area (Å²) >= 11 is 0. The van der Waals surface area contributed by atoms with E-state index in [1.807, 2.05) is 17.0 Å². The van der Waals surface area contributed by atoms with Gasteiger partial charge in [-0.05, 0) is 43.5 Å². The molecular formula is C20H25FN4O2. The lowest BCUT2D eigenvalue weighted by molar-refractivity contribution is 0.122. The van der Waals surface area contributed by atoms with Crippen molar-refractivity contribution in [1.29, 1.82) is 0 Å². The minimum absolute atomic E-state index is 0.140. The highest BCUT2D eigenvalue weighted by molar-refractivity contribution is 5.36. The highest BCUT2D eigenvalue weighted by atomic mass is 19.1. The van der Waals surface area contributed by atoms with Crippen molar-refractivity contribution in [3.63, 3.8) is 0 Å². The normalized spacial score (nSPS) is 22.0. The number of halogens is 1. The van der Waals surface area contributed by atoms with Gasteiger partial charge in [-0.2, -0.15) is 0 Å². The van der Waals surface area contributed by atoms with Crippen molar-refractivity contribution in [2.24, 2.45) is 0 Å². The maximum Gasteiger partial charge on any atom is 0.290 e. The molecule has 6 nitrogen and oxygen atoms in total. The number of nitrogens with zero attached hydrogens (tertiary/aromatic N) is 2. The number of aromatic nitrogens is 2. The Hall–Kier alpha value is -2.25. The average Bonchev–Trinajstić information content (AvgIpc) is 3.47. The molecule has 1 aliphatic heterocycles. The lowest BCUT2D eigenvalue weighted by atomic mass is 10.1. The van der Waals surface area contributed by atoms with Crippen LogP contribution in [0.1, 0.15) is 30.0 Å². The van der Waals surface area contributed by atoms with E-state index in [1.54, 1.807) is 6.20 Å². The van der Waals surface area contributed by atoms with Crippen LogP contribution in [0.5, 0.6) is 0 Å². The molecule has 0 bridgehead atoms. The van der Waals surface area contributed by atoms with Gasteiger partial charge in [0.05, 0.1) is 18.9 Å². The fraction of sp³-hybridized carbons (Fsp3) is 0.500. The summed E-state index contributed by atoms with van der Waals surface area (Å²) in [5.74, 6) is 0.806. The summed E-state index contributed by atoms with van der Waals surface area (Å²) in [7, 11) is 0. The third-order valence-corrected chi connectivity index (χ3v) is 5.24. The number of hydrogen-bond acceptors (Lipinski definition) is 5. The van der Waals surface area contributed by atoms with Crippen molar-refractivity contribution >= 4 is 5.82 Å². The summed E-state index contributed by atoms with van der Waals surface area (Å²) in [4.78, 5) is 21.4. The number of hydrogen-bond donors (Lipinski definition) is 2. The first-order valence-electron chi connectivity index (χ1n) is 9.61. The highest BCUT2D eigenvalue weighted by Gasteiger charge is 2.37. The van der Waals surface area contributed by atoms with Gasteiger partial charge in [-0.25, -0.2) is 9.37 Å². The van der Waals surface area contributed by atoms with E-state index >= 15 is 0 Å². The molecule has 0 amide bonds. The summed E-state index contributed by atoms with van der Waals surface area (Å²) in [6, 6.07) is 7.28. The van der Waals surface area contributed by atoms with Gasteiger partial charge in [0.15, 0.2) is 5.82 Å². The molecule has 0 spiro atoms. The molecule has 2 heterocycles. The molecule has 1 aromatic carbocycles.